The molecule has 2 heterocycles. The number of Topliss-reactive ketones (excluding diaryl/α,β-unsaturated/α-hetero) is 1. The van der Waals surface area contributed by atoms with Gasteiger partial charge in [-0.3, -0.25) is 14.5 Å². The second-order valence-corrected chi connectivity index (χ2v) is 3.85. The maximum Gasteiger partial charge on any atom is 0.321 e. The number of oxazole rings is 1. The summed E-state index contributed by atoms with van der Waals surface area (Å²) in [5.74, 6) is -0.678. The van der Waals surface area contributed by atoms with Gasteiger partial charge in [0, 0.05) is 12.8 Å². The third-order valence-corrected chi connectivity index (χ3v) is 2.85. The second kappa shape index (κ2) is 4.05. The normalized spacial score (nSPS) is 26.9. The fourth-order valence-corrected chi connectivity index (χ4v) is 1.94. The van der Waals surface area contributed by atoms with Crippen molar-refractivity contribution in [1.82, 2.24) is 9.88 Å². The van der Waals surface area contributed by atoms with Crippen LogP contribution >= 0.6 is 0 Å². The summed E-state index contributed by atoms with van der Waals surface area (Å²) in [6.07, 6.45) is 3.19. The lowest BCUT2D eigenvalue weighted by molar-refractivity contribution is -0.149. The highest BCUT2D eigenvalue weighted by atomic mass is 16.4. The fourth-order valence-electron chi connectivity index (χ4n) is 1.94. The molecule has 0 saturated carbocycles. The molecule has 6 nitrogen and oxygen atoms in total. The Balaban J connectivity index is 2.25. The van der Waals surface area contributed by atoms with Crippen molar-refractivity contribution < 1.29 is 19.1 Å². The molecule has 1 aromatic heterocycles. The quantitative estimate of drug-likeness (QED) is 0.785. The van der Waals surface area contributed by atoms with Crippen molar-refractivity contribution in [3.8, 4) is 0 Å². The number of piperidine rings is 1. The SMILES string of the molecule is CN1C(C(=O)O)CC(=O)CC1c1ncco1. The molecule has 0 aliphatic carbocycles. The summed E-state index contributed by atoms with van der Waals surface area (Å²) in [6, 6.07) is -1.17. The first-order valence-electron chi connectivity index (χ1n) is 4.95. The number of likely N-dealkylation sites (N-methyl/N-ethyl adjacent to an activating group) is 1. The number of rotatable bonds is 2. The smallest absolute Gasteiger partial charge is 0.321 e. The van der Waals surface area contributed by atoms with Gasteiger partial charge < -0.3 is 9.52 Å². The van der Waals surface area contributed by atoms with Crippen LogP contribution in [0.5, 0.6) is 0 Å². The van der Waals surface area contributed by atoms with Crippen molar-refractivity contribution in [3.63, 3.8) is 0 Å². The number of carboxylic acid groups (broad SMARTS) is 1. The number of aromatic nitrogens is 1. The van der Waals surface area contributed by atoms with E-state index in [1.165, 1.54) is 12.5 Å². The summed E-state index contributed by atoms with van der Waals surface area (Å²) >= 11 is 0. The molecule has 86 valence electrons. The average Bonchev–Trinajstić information content (AvgIpc) is 2.73. The van der Waals surface area contributed by atoms with Crippen LogP contribution in [0.2, 0.25) is 0 Å². The number of carbonyl (C=O) groups excluding carboxylic acids is 1. The lowest BCUT2D eigenvalue weighted by Gasteiger charge is -2.34. The van der Waals surface area contributed by atoms with E-state index in [4.69, 9.17) is 9.52 Å². The Bertz CT molecular complexity index is 401. The maximum atomic E-state index is 11.5. The first kappa shape index (κ1) is 10.8. The molecule has 2 rings (SSSR count). The highest BCUT2D eigenvalue weighted by Crippen LogP contribution is 2.30. The van der Waals surface area contributed by atoms with Crippen LogP contribution in [-0.2, 0) is 9.59 Å². The number of hydrogen-bond donors (Lipinski definition) is 1. The van der Waals surface area contributed by atoms with Gasteiger partial charge in [0.05, 0.1) is 12.2 Å². The van der Waals surface area contributed by atoms with Crippen molar-refractivity contribution >= 4 is 11.8 Å². The van der Waals surface area contributed by atoms with Crippen LogP contribution in [0.4, 0.5) is 0 Å². The van der Waals surface area contributed by atoms with Crippen molar-refractivity contribution in [2.75, 3.05) is 7.05 Å². The minimum Gasteiger partial charge on any atom is -0.480 e. The van der Waals surface area contributed by atoms with Gasteiger partial charge in [0.25, 0.3) is 0 Å². The van der Waals surface area contributed by atoms with E-state index < -0.39 is 12.0 Å². The topological polar surface area (TPSA) is 83.6 Å². The summed E-state index contributed by atoms with van der Waals surface area (Å²) < 4.78 is 5.12. The highest BCUT2D eigenvalue weighted by Gasteiger charge is 2.38. The van der Waals surface area contributed by atoms with Gasteiger partial charge in [0.2, 0.25) is 5.89 Å². The average molecular weight is 224 g/mol. The van der Waals surface area contributed by atoms with E-state index in [9.17, 15) is 9.59 Å². The van der Waals surface area contributed by atoms with E-state index in [0.717, 1.165) is 0 Å². The maximum absolute atomic E-state index is 11.5. The molecular weight excluding hydrogens is 212 g/mol. The van der Waals surface area contributed by atoms with Gasteiger partial charge in [-0.25, -0.2) is 4.98 Å². The van der Waals surface area contributed by atoms with Crippen LogP contribution < -0.4 is 0 Å². The van der Waals surface area contributed by atoms with Crippen LogP contribution in [0.15, 0.2) is 16.9 Å². The molecule has 0 amide bonds. The van der Waals surface area contributed by atoms with Gasteiger partial charge in [-0.05, 0) is 7.05 Å². The number of carbonyl (C=O) groups is 2. The lowest BCUT2D eigenvalue weighted by Crippen LogP contribution is -2.46. The monoisotopic (exact) mass is 224 g/mol. The highest BCUT2D eigenvalue weighted by molar-refractivity contribution is 5.87. The lowest BCUT2D eigenvalue weighted by atomic mass is 9.95. The molecule has 1 aromatic rings. The predicted molar refractivity (Wildman–Crippen MR) is 52.7 cm³/mol. The Kier molecular flexibility index (Phi) is 2.74. The number of carboxylic acids is 1. The zero-order valence-corrected chi connectivity index (χ0v) is 8.79. The largest absolute Gasteiger partial charge is 0.480 e. The molecule has 0 bridgehead atoms. The molecule has 0 aromatic carbocycles. The zero-order chi connectivity index (χ0) is 11.7. The van der Waals surface area contributed by atoms with E-state index in [0.29, 0.717) is 5.89 Å². The van der Waals surface area contributed by atoms with Crippen molar-refractivity contribution in [3.05, 3.63) is 18.4 Å². The minimum absolute atomic E-state index is 0.0447. The molecular formula is C10H12N2O4. The molecule has 0 radical (unpaired) electrons. The van der Waals surface area contributed by atoms with Crippen LogP contribution in [0.3, 0.4) is 0 Å². The first-order chi connectivity index (χ1) is 7.59. The third-order valence-electron chi connectivity index (χ3n) is 2.85. The van der Waals surface area contributed by atoms with Crippen molar-refractivity contribution in [2.45, 2.75) is 24.9 Å². The fraction of sp³-hybridized carbons (Fsp3) is 0.500. The molecule has 0 spiro atoms. The number of likely N-dealkylation sites (tertiary alicyclic amines) is 1. The van der Waals surface area contributed by atoms with E-state index in [2.05, 4.69) is 4.98 Å². The summed E-state index contributed by atoms with van der Waals surface area (Å²) in [7, 11) is 1.67. The molecule has 1 fully saturated rings. The summed E-state index contributed by atoms with van der Waals surface area (Å²) in [4.78, 5) is 28.0. The van der Waals surface area contributed by atoms with E-state index >= 15 is 0 Å². The molecule has 1 aliphatic rings. The molecule has 1 N–H and O–H groups in total. The predicted octanol–water partition coefficient (Wildman–Crippen LogP) is 0.464. The van der Waals surface area contributed by atoms with Crippen LogP contribution in [0.25, 0.3) is 0 Å². The van der Waals surface area contributed by atoms with Crippen LogP contribution in [0, 0.1) is 0 Å². The molecule has 2 atom stereocenters. The van der Waals surface area contributed by atoms with E-state index in [-0.39, 0.29) is 24.7 Å². The molecule has 1 aliphatic heterocycles. The molecule has 1 saturated heterocycles. The number of hydrogen-bond acceptors (Lipinski definition) is 5. The summed E-state index contributed by atoms with van der Waals surface area (Å²) in [6.45, 7) is 0. The third kappa shape index (κ3) is 1.83. The molecule has 16 heavy (non-hydrogen) atoms. The van der Waals surface area contributed by atoms with Gasteiger partial charge in [-0.1, -0.05) is 0 Å². The van der Waals surface area contributed by atoms with E-state index in [1.807, 2.05) is 0 Å². The van der Waals surface area contributed by atoms with Gasteiger partial charge in [0.1, 0.15) is 18.1 Å². The van der Waals surface area contributed by atoms with Gasteiger partial charge in [-0.15, -0.1) is 0 Å². The van der Waals surface area contributed by atoms with E-state index in [1.54, 1.807) is 11.9 Å². The standard InChI is InChI=1S/C10H12N2O4/c1-12-7(9-11-2-3-16-9)4-6(13)5-8(12)10(14)15/h2-3,7-8H,4-5H2,1H3,(H,14,15). The van der Waals surface area contributed by atoms with Gasteiger partial charge in [-0.2, -0.15) is 0 Å². The Morgan fingerprint density at radius 3 is 2.94 bits per heavy atom. The summed E-state index contributed by atoms with van der Waals surface area (Å²) in [5, 5.41) is 9.00. The van der Waals surface area contributed by atoms with Crippen molar-refractivity contribution in [2.24, 2.45) is 0 Å². The Morgan fingerprint density at radius 1 is 1.62 bits per heavy atom. The summed E-state index contributed by atoms with van der Waals surface area (Å²) in [5.41, 5.74) is 0. The Morgan fingerprint density at radius 2 is 2.38 bits per heavy atom. The Labute approximate surface area is 91.9 Å². The number of aliphatic carboxylic acids is 1. The van der Waals surface area contributed by atoms with Gasteiger partial charge >= 0.3 is 5.97 Å². The first-order valence-corrected chi connectivity index (χ1v) is 4.95. The van der Waals surface area contributed by atoms with Crippen LogP contribution in [-0.4, -0.2) is 39.8 Å². The Hall–Kier alpha value is -1.69. The van der Waals surface area contributed by atoms with Crippen molar-refractivity contribution in [1.29, 1.82) is 0 Å². The zero-order valence-electron chi connectivity index (χ0n) is 8.79. The molecule has 2 unspecified atom stereocenters. The number of ketones is 1. The van der Waals surface area contributed by atoms with Gasteiger partial charge in [0.15, 0.2) is 0 Å². The van der Waals surface area contributed by atoms with Crippen LogP contribution in [0.1, 0.15) is 24.8 Å². The second-order valence-electron chi connectivity index (χ2n) is 3.85. The minimum atomic E-state index is -0.993. The molecule has 6 heteroatoms. The number of nitrogens with zero attached hydrogens (tertiary/aromatic N) is 2.